The standard InChI is InChI=1S/C10H14N2O4S/c1-7(10(11)13)12-17(14,15)9-5-3-8(16-2)4-6-9/h3-7,12H,1-2H3,(H2,11,13). The van der Waals surface area contributed by atoms with Crippen molar-refractivity contribution >= 4 is 15.9 Å². The van der Waals surface area contributed by atoms with E-state index in [2.05, 4.69) is 4.72 Å². The number of nitrogens with two attached hydrogens (primary N) is 1. The van der Waals surface area contributed by atoms with Crippen molar-refractivity contribution in [2.45, 2.75) is 17.9 Å². The lowest BCUT2D eigenvalue weighted by Gasteiger charge is -2.11. The Morgan fingerprint density at radius 1 is 1.35 bits per heavy atom. The van der Waals surface area contributed by atoms with Gasteiger partial charge in [-0.05, 0) is 31.2 Å². The molecule has 17 heavy (non-hydrogen) atoms. The molecule has 0 saturated heterocycles. The van der Waals surface area contributed by atoms with Crippen LogP contribution >= 0.6 is 0 Å². The number of nitrogens with one attached hydrogen (secondary N) is 1. The van der Waals surface area contributed by atoms with E-state index in [4.69, 9.17) is 10.5 Å². The number of rotatable bonds is 5. The van der Waals surface area contributed by atoms with E-state index in [9.17, 15) is 13.2 Å². The largest absolute Gasteiger partial charge is 0.497 e. The molecule has 0 heterocycles. The molecule has 1 unspecified atom stereocenters. The van der Waals surface area contributed by atoms with E-state index < -0.39 is 22.0 Å². The van der Waals surface area contributed by atoms with Crippen LogP contribution in [0.4, 0.5) is 0 Å². The molecule has 0 aliphatic carbocycles. The highest BCUT2D eigenvalue weighted by atomic mass is 32.2. The molecular weight excluding hydrogens is 244 g/mol. The highest BCUT2D eigenvalue weighted by Crippen LogP contribution is 2.15. The monoisotopic (exact) mass is 258 g/mol. The number of primary amides is 1. The summed E-state index contributed by atoms with van der Waals surface area (Å²) in [5.41, 5.74) is 4.98. The second-order valence-electron chi connectivity index (χ2n) is 3.42. The Morgan fingerprint density at radius 3 is 2.29 bits per heavy atom. The van der Waals surface area contributed by atoms with Crippen molar-refractivity contribution in [2.75, 3.05) is 7.11 Å². The molecule has 3 N–H and O–H groups in total. The third-order valence-corrected chi connectivity index (χ3v) is 3.69. The maximum Gasteiger partial charge on any atom is 0.241 e. The predicted molar refractivity (Wildman–Crippen MR) is 62.0 cm³/mol. The Bertz CT molecular complexity index is 496. The SMILES string of the molecule is COc1ccc(S(=O)(=O)NC(C)C(N)=O)cc1. The fourth-order valence-corrected chi connectivity index (χ4v) is 2.33. The summed E-state index contributed by atoms with van der Waals surface area (Å²) in [5, 5.41) is 0. The molecule has 0 fully saturated rings. The van der Waals surface area contributed by atoms with Gasteiger partial charge in [0.15, 0.2) is 0 Å². The zero-order chi connectivity index (χ0) is 13.1. The number of amides is 1. The van der Waals surface area contributed by atoms with Gasteiger partial charge in [-0.2, -0.15) is 4.72 Å². The van der Waals surface area contributed by atoms with Gasteiger partial charge in [-0.25, -0.2) is 8.42 Å². The number of benzene rings is 1. The number of hydrogen-bond acceptors (Lipinski definition) is 4. The van der Waals surface area contributed by atoms with Crippen molar-refractivity contribution in [1.29, 1.82) is 0 Å². The molecule has 1 aromatic rings. The van der Waals surface area contributed by atoms with Gasteiger partial charge >= 0.3 is 0 Å². The van der Waals surface area contributed by atoms with Crippen LogP contribution in [0.25, 0.3) is 0 Å². The zero-order valence-corrected chi connectivity index (χ0v) is 10.3. The molecule has 0 saturated carbocycles. The average molecular weight is 258 g/mol. The highest BCUT2D eigenvalue weighted by molar-refractivity contribution is 7.89. The van der Waals surface area contributed by atoms with Crippen LogP contribution in [0.5, 0.6) is 5.75 Å². The number of carbonyl (C=O) groups is 1. The molecule has 1 rings (SSSR count). The van der Waals surface area contributed by atoms with Gasteiger partial charge in [0.25, 0.3) is 0 Å². The summed E-state index contributed by atoms with van der Waals surface area (Å²) in [6, 6.07) is 4.85. The molecule has 94 valence electrons. The Hall–Kier alpha value is -1.60. The summed E-state index contributed by atoms with van der Waals surface area (Å²) < 4.78 is 30.7. The van der Waals surface area contributed by atoms with Gasteiger partial charge in [0.05, 0.1) is 18.0 Å². The number of methoxy groups -OCH3 is 1. The molecule has 6 nitrogen and oxygen atoms in total. The molecule has 1 atom stereocenters. The van der Waals surface area contributed by atoms with Crippen LogP contribution in [0, 0.1) is 0 Å². The summed E-state index contributed by atoms with van der Waals surface area (Å²) in [7, 11) is -2.25. The van der Waals surface area contributed by atoms with Gasteiger partial charge in [0, 0.05) is 0 Å². The lowest BCUT2D eigenvalue weighted by Crippen LogP contribution is -2.42. The Morgan fingerprint density at radius 2 is 1.88 bits per heavy atom. The first kappa shape index (κ1) is 13.5. The summed E-state index contributed by atoms with van der Waals surface area (Å²) in [5.74, 6) is -0.186. The number of sulfonamides is 1. The molecule has 1 aromatic carbocycles. The minimum absolute atomic E-state index is 0.0476. The van der Waals surface area contributed by atoms with Crippen LogP contribution in [0.2, 0.25) is 0 Å². The van der Waals surface area contributed by atoms with Crippen molar-refractivity contribution in [2.24, 2.45) is 5.73 Å². The van der Waals surface area contributed by atoms with E-state index in [1.165, 1.54) is 38.3 Å². The maximum atomic E-state index is 11.8. The van der Waals surface area contributed by atoms with Gasteiger partial charge in [-0.3, -0.25) is 4.79 Å². The van der Waals surface area contributed by atoms with Gasteiger partial charge in [0.2, 0.25) is 15.9 Å². The summed E-state index contributed by atoms with van der Waals surface area (Å²) in [6.07, 6.45) is 0. The van der Waals surface area contributed by atoms with E-state index in [1.807, 2.05) is 0 Å². The van der Waals surface area contributed by atoms with Crippen molar-refractivity contribution in [3.63, 3.8) is 0 Å². The lowest BCUT2D eigenvalue weighted by atomic mass is 10.3. The molecule has 0 bridgehead atoms. The lowest BCUT2D eigenvalue weighted by molar-refractivity contribution is -0.119. The second kappa shape index (κ2) is 5.15. The topological polar surface area (TPSA) is 98.5 Å². The fraction of sp³-hybridized carbons (Fsp3) is 0.300. The van der Waals surface area contributed by atoms with Gasteiger partial charge in [0.1, 0.15) is 5.75 Å². The molecule has 0 aliphatic rings. The number of ether oxygens (including phenoxy) is 1. The summed E-state index contributed by atoms with van der Waals surface area (Å²) in [4.78, 5) is 10.8. The van der Waals surface area contributed by atoms with Crippen molar-refractivity contribution in [1.82, 2.24) is 4.72 Å². The van der Waals surface area contributed by atoms with Crippen LogP contribution in [-0.4, -0.2) is 27.5 Å². The van der Waals surface area contributed by atoms with E-state index in [0.29, 0.717) is 5.75 Å². The first-order valence-electron chi connectivity index (χ1n) is 4.82. The third-order valence-electron chi connectivity index (χ3n) is 2.13. The predicted octanol–water partition coefficient (Wildman–Crippen LogP) is -0.153. The second-order valence-corrected chi connectivity index (χ2v) is 5.13. The minimum atomic E-state index is -3.74. The number of hydrogen-bond donors (Lipinski definition) is 2. The fourth-order valence-electron chi connectivity index (χ4n) is 1.11. The van der Waals surface area contributed by atoms with E-state index in [1.54, 1.807) is 0 Å². The van der Waals surface area contributed by atoms with E-state index in [-0.39, 0.29) is 4.90 Å². The normalized spacial score (nSPS) is 13.1. The molecule has 1 amide bonds. The minimum Gasteiger partial charge on any atom is -0.497 e. The molecule has 0 aromatic heterocycles. The highest BCUT2D eigenvalue weighted by Gasteiger charge is 2.20. The van der Waals surface area contributed by atoms with Crippen LogP contribution in [0.3, 0.4) is 0 Å². The number of carbonyl (C=O) groups excluding carboxylic acids is 1. The van der Waals surface area contributed by atoms with Gasteiger partial charge in [-0.1, -0.05) is 0 Å². The van der Waals surface area contributed by atoms with E-state index in [0.717, 1.165) is 0 Å². The third kappa shape index (κ3) is 3.43. The molecular formula is C10H14N2O4S. The van der Waals surface area contributed by atoms with Crippen LogP contribution in [-0.2, 0) is 14.8 Å². The first-order chi connectivity index (χ1) is 7.86. The Kier molecular flexibility index (Phi) is 4.08. The zero-order valence-electron chi connectivity index (χ0n) is 9.51. The average Bonchev–Trinajstić information content (AvgIpc) is 2.28. The van der Waals surface area contributed by atoms with Gasteiger partial charge in [-0.15, -0.1) is 0 Å². The van der Waals surface area contributed by atoms with Crippen molar-refractivity contribution < 1.29 is 17.9 Å². The first-order valence-corrected chi connectivity index (χ1v) is 6.31. The van der Waals surface area contributed by atoms with Crippen molar-refractivity contribution in [3.8, 4) is 5.75 Å². The molecule has 0 spiro atoms. The van der Waals surface area contributed by atoms with Crippen LogP contribution < -0.4 is 15.2 Å². The molecule has 0 radical (unpaired) electrons. The summed E-state index contributed by atoms with van der Waals surface area (Å²) >= 11 is 0. The molecule has 0 aliphatic heterocycles. The van der Waals surface area contributed by atoms with Crippen LogP contribution in [0.1, 0.15) is 6.92 Å². The quantitative estimate of drug-likeness (QED) is 0.767. The Balaban J connectivity index is 2.93. The summed E-state index contributed by atoms with van der Waals surface area (Å²) in [6.45, 7) is 1.38. The van der Waals surface area contributed by atoms with Crippen molar-refractivity contribution in [3.05, 3.63) is 24.3 Å². The smallest absolute Gasteiger partial charge is 0.241 e. The van der Waals surface area contributed by atoms with E-state index >= 15 is 0 Å². The van der Waals surface area contributed by atoms with Gasteiger partial charge < -0.3 is 10.5 Å². The maximum absolute atomic E-state index is 11.8. The van der Waals surface area contributed by atoms with Crippen LogP contribution in [0.15, 0.2) is 29.2 Å². The Labute approximate surface area is 99.8 Å². The molecule has 7 heteroatoms.